The molecule has 1 saturated heterocycles. The van der Waals surface area contributed by atoms with Crippen molar-refractivity contribution in [3.05, 3.63) is 35.9 Å². The third kappa shape index (κ3) is 3.14. The Bertz CT molecular complexity index is 393. The highest BCUT2D eigenvalue weighted by molar-refractivity contribution is 9.09. The van der Waals surface area contributed by atoms with Crippen LogP contribution in [-0.2, 0) is 4.79 Å². The van der Waals surface area contributed by atoms with Gasteiger partial charge in [-0.15, -0.1) is 0 Å². The average molecular weight is 310 g/mol. The lowest BCUT2D eigenvalue weighted by atomic mass is 9.95. The fourth-order valence-electron chi connectivity index (χ4n) is 2.55. The number of alkyl halides is 1. The van der Waals surface area contributed by atoms with Gasteiger partial charge >= 0.3 is 0 Å². The van der Waals surface area contributed by atoms with Crippen LogP contribution in [-0.4, -0.2) is 29.2 Å². The lowest BCUT2D eigenvalue weighted by Gasteiger charge is -2.33. The van der Waals surface area contributed by atoms with Crippen LogP contribution in [0.3, 0.4) is 0 Å². The number of carbonyl (C=O) groups is 1. The van der Waals surface area contributed by atoms with Gasteiger partial charge < -0.3 is 4.90 Å². The van der Waals surface area contributed by atoms with Crippen molar-refractivity contribution in [2.45, 2.75) is 25.7 Å². The number of rotatable bonds is 4. The zero-order chi connectivity index (χ0) is 13.0. The summed E-state index contributed by atoms with van der Waals surface area (Å²) in [5.74, 6) is 0.911. The van der Waals surface area contributed by atoms with Gasteiger partial charge in [-0.05, 0) is 18.4 Å². The molecular weight excluding hydrogens is 290 g/mol. The van der Waals surface area contributed by atoms with E-state index in [0.29, 0.717) is 11.8 Å². The van der Waals surface area contributed by atoms with Crippen molar-refractivity contribution in [3.8, 4) is 0 Å². The third-order valence-electron chi connectivity index (χ3n) is 3.70. The van der Waals surface area contributed by atoms with E-state index in [4.69, 9.17) is 0 Å². The van der Waals surface area contributed by atoms with Crippen molar-refractivity contribution >= 4 is 21.8 Å². The highest BCUT2D eigenvalue weighted by atomic mass is 79.9. The Labute approximate surface area is 117 Å². The first-order chi connectivity index (χ1) is 8.72. The lowest BCUT2D eigenvalue weighted by Crippen LogP contribution is -2.42. The predicted molar refractivity (Wildman–Crippen MR) is 78.0 cm³/mol. The van der Waals surface area contributed by atoms with E-state index in [-0.39, 0.29) is 5.92 Å². The SMILES string of the molecule is CC1CCCN(CC(CBr)c2ccccc2)C1=O. The molecular formula is C15H20BrNO. The second-order valence-corrected chi connectivity index (χ2v) is 5.74. The summed E-state index contributed by atoms with van der Waals surface area (Å²) in [5.41, 5.74) is 1.31. The van der Waals surface area contributed by atoms with Crippen molar-refractivity contribution in [2.24, 2.45) is 5.92 Å². The normalized spacial score (nSPS) is 22.0. The van der Waals surface area contributed by atoms with Gasteiger partial charge in [-0.1, -0.05) is 53.2 Å². The molecule has 3 heteroatoms. The number of hydrogen-bond acceptors (Lipinski definition) is 1. The number of hydrogen-bond donors (Lipinski definition) is 0. The Hall–Kier alpha value is -0.830. The number of piperidine rings is 1. The fourth-order valence-corrected chi connectivity index (χ4v) is 3.13. The molecule has 2 atom stereocenters. The maximum absolute atomic E-state index is 12.1. The molecule has 1 fully saturated rings. The van der Waals surface area contributed by atoms with Gasteiger partial charge in [0.25, 0.3) is 0 Å². The molecule has 0 radical (unpaired) electrons. The molecule has 0 aromatic heterocycles. The highest BCUT2D eigenvalue weighted by Gasteiger charge is 2.27. The number of benzene rings is 1. The van der Waals surface area contributed by atoms with E-state index in [2.05, 4.69) is 40.2 Å². The van der Waals surface area contributed by atoms with Gasteiger partial charge in [0, 0.05) is 30.3 Å². The highest BCUT2D eigenvalue weighted by Crippen LogP contribution is 2.23. The van der Waals surface area contributed by atoms with Crippen molar-refractivity contribution in [1.82, 2.24) is 4.90 Å². The smallest absolute Gasteiger partial charge is 0.225 e. The van der Waals surface area contributed by atoms with Crippen molar-refractivity contribution in [3.63, 3.8) is 0 Å². The zero-order valence-corrected chi connectivity index (χ0v) is 12.4. The first-order valence-electron chi connectivity index (χ1n) is 6.62. The standard InChI is InChI=1S/C15H20BrNO/c1-12-6-5-9-17(15(12)18)11-14(10-16)13-7-3-2-4-8-13/h2-4,7-8,12,14H,5-6,9-11H2,1H3. The van der Waals surface area contributed by atoms with Gasteiger partial charge in [0.15, 0.2) is 0 Å². The summed E-state index contributed by atoms with van der Waals surface area (Å²) in [5, 5.41) is 0.898. The molecule has 1 aliphatic heterocycles. The first-order valence-corrected chi connectivity index (χ1v) is 7.74. The Balaban J connectivity index is 2.04. The van der Waals surface area contributed by atoms with Crippen molar-refractivity contribution < 1.29 is 4.79 Å². The van der Waals surface area contributed by atoms with Gasteiger partial charge in [-0.25, -0.2) is 0 Å². The summed E-state index contributed by atoms with van der Waals surface area (Å²) >= 11 is 3.58. The minimum atomic E-state index is 0.200. The van der Waals surface area contributed by atoms with E-state index in [1.165, 1.54) is 5.56 Å². The molecule has 0 aliphatic carbocycles. The molecule has 0 saturated carbocycles. The Morgan fingerprint density at radius 1 is 1.39 bits per heavy atom. The molecule has 2 unspecified atom stereocenters. The van der Waals surface area contributed by atoms with Crippen LogP contribution >= 0.6 is 15.9 Å². The van der Waals surface area contributed by atoms with Gasteiger partial charge in [0.2, 0.25) is 5.91 Å². The molecule has 98 valence electrons. The minimum Gasteiger partial charge on any atom is -0.342 e. The maximum atomic E-state index is 12.1. The number of likely N-dealkylation sites (tertiary alicyclic amines) is 1. The van der Waals surface area contributed by atoms with Crippen molar-refractivity contribution in [2.75, 3.05) is 18.4 Å². The molecule has 1 amide bonds. The molecule has 0 N–H and O–H groups in total. The topological polar surface area (TPSA) is 20.3 Å². The number of carbonyl (C=O) groups excluding carboxylic acids is 1. The number of amides is 1. The molecule has 2 nitrogen and oxygen atoms in total. The van der Waals surface area contributed by atoms with Gasteiger partial charge in [0.05, 0.1) is 0 Å². The fraction of sp³-hybridized carbons (Fsp3) is 0.533. The van der Waals surface area contributed by atoms with Crippen LogP contribution in [0.4, 0.5) is 0 Å². The largest absolute Gasteiger partial charge is 0.342 e. The average Bonchev–Trinajstić information content (AvgIpc) is 2.41. The van der Waals surface area contributed by atoms with Crippen LogP contribution in [0.15, 0.2) is 30.3 Å². The van der Waals surface area contributed by atoms with E-state index in [0.717, 1.165) is 31.3 Å². The Morgan fingerprint density at radius 3 is 2.78 bits per heavy atom. The Morgan fingerprint density at radius 2 is 2.11 bits per heavy atom. The second kappa shape index (κ2) is 6.37. The second-order valence-electron chi connectivity index (χ2n) is 5.09. The maximum Gasteiger partial charge on any atom is 0.225 e. The summed E-state index contributed by atoms with van der Waals surface area (Å²) in [7, 11) is 0. The van der Waals surface area contributed by atoms with Crippen LogP contribution in [0.5, 0.6) is 0 Å². The minimum absolute atomic E-state index is 0.200. The molecule has 1 aromatic rings. The molecule has 18 heavy (non-hydrogen) atoms. The quantitative estimate of drug-likeness (QED) is 0.780. The monoisotopic (exact) mass is 309 g/mol. The summed E-state index contributed by atoms with van der Waals surface area (Å²) in [6.45, 7) is 3.79. The van der Waals surface area contributed by atoms with Gasteiger partial charge in [0.1, 0.15) is 0 Å². The van der Waals surface area contributed by atoms with Crippen LogP contribution in [0.1, 0.15) is 31.2 Å². The summed E-state index contributed by atoms with van der Waals surface area (Å²) < 4.78 is 0. The lowest BCUT2D eigenvalue weighted by molar-refractivity contribution is -0.137. The van der Waals surface area contributed by atoms with Gasteiger partial charge in [-0.3, -0.25) is 4.79 Å². The van der Waals surface area contributed by atoms with Gasteiger partial charge in [-0.2, -0.15) is 0 Å². The number of nitrogens with zero attached hydrogens (tertiary/aromatic N) is 1. The summed E-state index contributed by atoms with van der Waals surface area (Å²) in [6.07, 6.45) is 2.18. The van der Waals surface area contributed by atoms with E-state index in [1.807, 2.05) is 17.9 Å². The molecule has 1 aromatic carbocycles. The van der Waals surface area contributed by atoms with E-state index >= 15 is 0 Å². The molecule has 1 aliphatic rings. The van der Waals surface area contributed by atoms with Crippen LogP contribution in [0.25, 0.3) is 0 Å². The van der Waals surface area contributed by atoms with E-state index in [1.54, 1.807) is 0 Å². The molecule has 0 bridgehead atoms. The first kappa shape index (κ1) is 13.6. The van der Waals surface area contributed by atoms with Crippen LogP contribution in [0.2, 0.25) is 0 Å². The number of halogens is 1. The molecule has 2 rings (SSSR count). The predicted octanol–water partition coefficient (Wildman–Crippen LogP) is 3.42. The summed E-state index contributed by atoms with van der Waals surface area (Å²) in [4.78, 5) is 14.2. The van der Waals surface area contributed by atoms with E-state index in [9.17, 15) is 4.79 Å². The Kier molecular flexibility index (Phi) is 4.81. The molecule has 1 heterocycles. The van der Waals surface area contributed by atoms with Crippen LogP contribution in [0, 0.1) is 5.92 Å². The van der Waals surface area contributed by atoms with Crippen molar-refractivity contribution in [1.29, 1.82) is 0 Å². The third-order valence-corrected chi connectivity index (χ3v) is 4.48. The summed E-state index contributed by atoms with van der Waals surface area (Å²) in [6, 6.07) is 10.4. The zero-order valence-electron chi connectivity index (χ0n) is 10.8. The van der Waals surface area contributed by atoms with Crippen LogP contribution < -0.4 is 0 Å². The molecule has 0 spiro atoms. The van der Waals surface area contributed by atoms with E-state index < -0.39 is 0 Å².